The molecular weight excluding hydrogens is 388 g/mol. The molecule has 27 heavy (non-hydrogen) atoms. The number of aromatic nitrogens is 2. The first-order chi connectivity index (χ1) is 13.0. The summed E-state index contributed by atoms with van der Waals surface area (Å²) >= 11 is 1.06. The van der Waals surface area contributed by atoms with Crippen molar-refractivity contribution in [3.63, 3.8) is 0 Å². The summed E-state index contributed by atoms with van der Waals surface area (Å²) in [5, 5.41) is 8.28. The fraction of sp³-hybridized carbons (Fsp3) is 0.235. The highest BCUT2D eigenvalue weighted by Gasteiger charge is 2.28. The molecule has 1 amide bonds. The van der Waals surface area contributed by atoms with Gasteiger partial charge in [-0.3, -0.25) is 9.78 Å². The van der Waals surface area contributed by atoms with E-state index >= 15 is 0 Å². The maximum atomic E-state index is 12.7. The van der Waals surface area contributed by atoms with E-state index in [1.807, 2.05) is 6.92 Å². The van der Waals surface area contributed by atoms with Crippen LogP contribution in [0.1, 0.15) is 30.1 Å². The van der Waals surface area contributed by atoms with Crippen molar-refractivity contribution < 1.29 is 17.7 Å². The largest absolute Gasteiger partial charge is 0.352 e. The number of amides is 1. The molecule has 0 aliphatic rings. The van der Waals surface area contributed by atoms with Crippen molar-refractivity contribution >= 4 is 33.2 Å². The van der Waals surface area contributed by atoms with E-state index in [9.17, 15) is 13.2 Å². The number of nitrogens with zero attached hydrogens (tertiary/aromatic N) is 2. The smallest absolute Gasteiger partial charge is 0.273 e. The molecule has 8 nitrogen and oxygen atoms in total. The Morgan fingerprint density at radius 1 is 1.26 bits per heavy atom. The number of nitrogens with one attached hydrogen (secondary N) is 2. The zero-order valence-corrected chi connectivity index (χ0v) is 16.1. The normalized spacial score (nSPS) is 11.3. The molecular formula is C17H18N4O4S2. The summed E-state index contributed by atoms with van der Waals surface area (Å²) in [5.41, 5.74) is 0.585. The average molecular weight is 406 g/mol. The van der Waals surface area contributed by atoms with Crippen LogP contribution in [0, 0.1) is 0 Å². The molecule has 0 atom stereocenters. The van der Waals surface area contributed by atoms with Crippen LogP contribution < -0.4 is 10.0 Å². The molecule has 0 aromatic carbocycles. The summed E-state index contributed by atoms with van der Waals surface area (Å²) in [5.74, 6) is -0.715. The predicted molar refractivity (Wildman–Crippen MR) is 102 cm³/mol. The third-order valence-electron chi connectivity index (χ3n) is 3.63. The van der Waals surface area contributed by atoms with Gasteiger partial charge in [0.05, 0.1) is 5.69 Å². The van der Waals surface area contributed by atoms with Gasteiger partial charge >= 0.3 is 0 Å². The van der Waals surface area contributed by atoms with Gasteiger partial charge < -0.3 is 9.84 Å². The summed E-state index contributed by atoms with van der Waals surface area (Å²) in [6.45, 7) is 2.46. The first-order valence-electron chi connectivity index (χ1n) is 8.28. The van der Waals surface area contributed by atoms with E-state index < -0.39 is 15.9 Å². The number of pyridine rings is 1. The molecule has 3 heterocycles. The van der Waals surface area contributed by atoms with Gasteiger partial charge in [0.2, 0.25) is 0 Å². The van der Waals surface area contributed by atoms with Crippen LogP contribution in [-0.4, -0.2) is 31.0 Å². The topological polar surface area (TPSA) is 114 Å². The van der Waals surface area contributed by atoms with Gasteiger partial charge in [0.15, 0.2) is 0 Å². The van der Waals surface area contributed by atoms with E-state index in [0.717, 1.165) is 24.2 Å². The minimum Gasteiger partial charge on any atom is -0.352 e. The van der Waals surface area contributed by atoms with Crippen LogP contribution in [0.3, 0.4) is 0 Å². The number of hydrogen-bond donors (Lipinski definition) is 2. The molecule has 0 aliphatic carbocycles. The highest BCUT2D eigenvalue weighted by Crippen LogP contribution is 2.30. The first-order valence-corrected chi connectivity index (χ1v) is 10.6. The third-order valence-corrected chi connectivity index (χ3v) is 6.36. The standard InChI is InChI=1S/C17H18N4O4S2/c1-2-3-9-19-16(22)14-15(12-7-4-5-10-18-12)20-25-17(14)21-27(23,24)13-8-6-11-26-13/h4-8,10-11,21H,2-3,9H2,1H3,(H,19,22). The lowest BCUT2D eigenvalue weighted by molar-refractivity contribution is 0.0954. The molecule has 0 bridgehead atoms. The van der Waals surface area contributed by atoms with Crippen LogP contribution >= 0.6 is 11.3 Å². The number of hydrogen-bond acceptors (Lipinski definition) is 7. The molecule has 3 rings (SSSR count). The summed E-state index contributed by atoms with van der Waals surface area (Å²) in [4.78, 5) is 16.9. The zero-order valence-electron chi connectivity index (χ0n) is 14.5. The van der Waals surface area contributed by atoms with Crippen LogP contribution in [-0.2, 0) is 10.0 Å². The number of carbonyl (C=O) groups is 1. The number of anilines is 1. The first kappa shape index (κ1) is 19.1. The van der Waals surface area contributed by atoms with Crippen LogP contribution in [0.2, 0.25) is 0 Å². The summed E-state index contributed by atoms with van der Waals surface area (Å²) in [6.07, 6.45) is 3.26. The molecule has 0 saturated heterocycles. The summed E-state index contributed by atoms with van der Waals surface area (Å²) in [6, 6.07) is 8.22. The lowest BCUT2D eigenvalue weighted by atomic mass is 10.1. The molecule has 0 fully saturated rings. The van der Waals surface area contributed by atoms with Crippen LogP contribution in [0.5, 0.6) is 0 Å². The van der Waals surface area contributed by atoms with E-state index in [1.165, 1.54) is 6.07 Å². The quantitative estimate of drug-likeness (QED) is 0.556. The second-order valence-corrected chi connectivity index (χ2v) is 8.45. The Morgan fingerprint density at radius 3 is 2.78 bits per heavy atom. The lowest BCUT2D eigenvalue weighted by Gasteiger charge is -2.07. The number of thiophene rings is 1. The van der Waals surface area contributed by atoms with Gasteiger partial charge in [-0.15, -0.1) is 11.3 Å². The monoisotopic (exact) mass is 406 g/mol. The van der Waals surface area contributed by atoms with Crippen molar-refractivity contribution in [3.05, 3.63) is 47.5 Å². The van der Waals surface area contributed by atoms with Crippen molar-refractivity contribution in [2.45, 2.75) is 24.0 Å². The lowest BCUT2D eigenvalue weighted by Crippen LogP contribution is -2.26. The van der Waals surface area contributed by atoms with E-state index in [1.54, 1.807) is 35.8 Å². The molecule has 2 N–H and O–H groups in total. The van der Waals surface area contributed by atoms with E-state index in [4.69, 9.17) is 4.52 Å². The fourth-order valence-electron chi connectivity index (χ4n) is 2.30. The second-order valence-electron chi connectivity index (χ2n) is 5.60. The van der Waals surface area contributed by atoms with Crippen molar-refractivity contribution in [2.24, 2.45) is 0 Å². The van der Waals surface area contributed by atoms with Crippen molar-refractivity contribution in [2.75, 3.05) is 11.3 Å². The number of carbonyl (C=O) groups excluding carboxylic acids is 1. The Labute approximate surface area is 160 Å². The van der Waals surface area contributed by atoms with Gasteiger partial charge in [0, 0.05) is 12.7 Å². The third kappa shape index (κ3) is 4.34. The van der Waals surface area contributed by atoms with Crippen LogP contribution in [0.25, 0.3) is 11.4 Å². The Bertz CT molecular complexity index is 999. The minimum atomic E-state index is -3.89. The van der Waals surface area contributed by atoms with Gasteiger partial charge in [-0.25, -0.2) is 13.1 Å². The molecule has 3 aromatic heterocycles. The zero-order chi connectivity index (χ0) is 19.3. The van der Waals surface area contributed by atoms with Crippen molar-refractivity contribution in [3.8, 4) is 11.4 Å². The molecule has 0 radical (unpaired) electrons. The summed E-state index contributed by atoms with van der Waals surface area (Å²) < 4.78 is 32.6. The molecule has 142 valence electrons. The van der Waals surface area contributed by atoms with E-state index in [-0.39, 0.29) is 21.4 Å². The van der Waals surface area contributed by atoms with Gasteiger partial charge in [-0.2, -0.15) is 0 Å². The molecule has 10 heteroatoms. The van der Waals surface area contributed by atoms with Crippen LogP contribution in [0.4, 0.5) is 5.88 Å². The van der Waals surface area contributed by atoms with E-state index in [2.05, 4.69) is 20.2 Å². The molecule has 0 saturated carbocycles. The maximum Gasteiger partial charge on any atom is 0.273 e. The van der Waals surface area contributed by atoms with Crippen LogP contribution in [0.15, 0.2) is 50.6 Å². The highest BCUT2D eigenvalue weighted by atomic mass is 32.2. The number of sulfonamides is 1. The summed E-state index contributed by atoms with van der Waals surface area (Å²) in [7, 11) is -3.89. The Hall–Kier alpha value is -2.72. The van der Waals surface area contributed by atoms with Gasteiger partial charge in [0.1, 0.15) is 15.5 Å². The SMILES string of the molecule is CCCCNC(=O)c1c(-c2ccccn2)noc1NS(=O)(=O)c1cccs1. The van der Waals surface area contributed by atoms with Crippen molar-refractivity contribution in [1.82, 2.24) is 15.5 Å². The molecule has 3 aromatic rings. The minimum absolute atomic E-state index is 0.00457. The second kappa shape index (κ2) is 8.31. The Balaban J connectivity index is 1.98. The average Bonchev–Trinajstić information content (AvgIpc) is 3.33. The molecule has 0 aliphatic heterocycles. The van der Waals surface area contributed by atoms with Gasteiger partial charge in [-0.1, -0.05) is 30.6 Å². The predicted octanol–water partition coefficient (Wildman–Crippen LogP) is 3.13. The highest BCUT2D eigenvalue weighted by molar-refractivity contribution is 7.94. The number of rotatable bonds is 8. The maximum absolute atomic E-state index is 12.7. The molecule has 0 unspecified atom stereocenters. The van der Waals surface area contributed by atoms with E-state index in [0.29, 0.717) is 12.2 Å². The molecule has 0 spiro atoms. The fourth-order valence-corrected chi connectivity index (χ4v) is 4.29. The van der Waals surface area contributed by atoms with Crippen molar-refractivity contribution in [1.29, 1.82) is 0 Å². The number of unbranched alkanes of at least 4 members (excludes halogenated alkanes) is 1. The van der Waals surface area contributed by atoms with Gasteiger partial charge in [0.25, 0.3) is 21.8 Å². The van der Waals surface area contributed by atoms with Gasteiger partial charge in [-0.05, 0) is 30.0 Å². The Morgan fingerprint density at radius 2 is 2.11 bits per heavy atom. The Kier molecular flexibility index (Phi) is 5.87.